The van der Waals surface area contributed by atoms with Crippen LogP contribution in [0, 0.1) is 0 Å². The summed E-state index contributed by atoms with van der Waals surface area (Å²) in [6.07, 6.45) is 7.07. The van der Waals surface area contributed by atoms with Crippen LogP contribution < -0.4 is 0 Å². The molecule has 1 aromatic rings. The van der Waals surface area contributed by atoms with Crippen LogP contribution in [0.3, 0.4) is 0 Å². The van der Waals surface area contributed by atoms with E-state index in [-0.39, 0.29) is 16.7 Å². The van der Waals surface area contributed by atoms with Crippen LogP contribution in [-0.2, 0) is 10.1 Å². The first-order valence-electron chi connectivity index (χ1n) is 6.30. The quantitative estimate of drug-likeness (QED) is 0.658. The number of hydrogen-bond donors (Lipinski definition) is 2. The molecular weight excluding hydrogens is 266 g/mol. The van der Waals surface area contributed by atoms with Crippen molar-refractivity contribution in [1.29, 1.82) is 0 Å². The minimum Gasteiger partial charge on any atom is -0.507 e. The number of benzene rings is 1. The highest BCUT2D eigenvalue weighted by molar-refractivity contribution is 7.85. The Morgan fingerprint density at radius 2 is 1.89 bits per heavy atom. The number of phenols is 1. The molecule has 2 rings (SSSR count). The van der Waals surface area contributed by atoms with Gasteiger partial charge in [-0.15, -0.1) is 0 Å². The van der Waals surface area contributed by atoms with Crippen molar-refractivity contribution in [1.82, 2.24) is 0 Å². The van der Waals surface area contributed by atoms with Crippen LogP contribution in [0.5, 0.6) is 5.75 Å². The molecule has 104 valence electrons. The largest absolute Gasteiger partial charge is 0.507 e. The maximum Gasteiger partial charge on any atom is 0.294 e. The average molecular weight is 283 g/mol. The van der Waals surface area contributed by atoms with Crippen molar-refractivity contribution in [2.45, 2.75) is 43.0 Å². The Balaban J connectivity index is 2.21. The molecule has 1 saturated carbocycles. The SMILES string of the molecule is O=S(=O)(O)c1ccc(O)c(C=NC2CCCCC2)c1. The summed E-state index contributed by atoms with van der Waals surface area (Å²) in [4.78, 5) is 4.14. The van der Waals surface area contributed by atoms with Crippen molar-refractivity contribution < 1.29 is 18.1 Å². The van der Waals surface area contributed by atoms with Crippen molar-refractivity contribution in [3.05, 3.63) is 23.8 Å². The van der Waals surface area contributed by atoms with Crippen LogP contribution >= 0.6 is 0 Å². The fourth-order valence-corrected chi connectivity index (χ4v) is 2.73. The van der Waals surface area contributed by atoms with Gasteiger partial charge in [0.2, 0.25) is 0 Å². The molecule has 0 spiro atoms. The normalized spacial score (nSPS) is 17.9. The fourth-order valence-electron chi connectivity index (χ4n) is 2.21. The minimum atomic E-state index is -4.26. The first-order chi connectivity index (χ1) is 8.97. The van der Waals surface area contributed by atoms with Gasteiger partial charge >= 0.3 is 0 Å². The molecule has 0 radical (unpaired) electrons. The van der Waals surface area contributed by atoms with E-state index in [1.165, 1.54) is 24.8 Å². The number of rotatable bonds is 3. The zero-order valence-electron chi connectivity index (χ0n) is 10.5. The third kappa shape index (κ3) is 3.78. The maximum atomic E-state index is 11.0. The van der Waals surface area contributed by atoms with Crippen molar-refractivity contribution >= 4 is 16.3 Å². The van der Waals surface area contributed by atoms with E-state index in [2.05, 4.69) is 4.99 Å². The minimum absolute atomic E-state index is 0.0491. The summed E-state index contributed by atoms with van der Waals surface area (Å²) in [5.41, 5.74) is 0.306. The molecule has 0 amide bonds. The topological polar surface area (TPSA) is 87.0 Å². The molecule has 0 aliphatic heterocycles. The highest BCUT2D eigenvalue weighted by atomic mass is 32.2. The molecule has 1 aliphatic rings. The predicted octanol–water partition coefficient (Wildman–Crippen LogP) is 2.39. The Bertz CT molecular complexity index is 574. The lowest BCUT2D eigenvalue weighted by molar-refractivity contribution is 0.444. The molecule has 0 bridgehead atoms. The maximum absolute atomic E-state index is 11.0. The zero-order valence-corrected chi connectivity index (χ0v) is 11.3. The highest BCUT2D eigenvalue weighted by Crippen LogP contribution is 2.22. The molecule has 1 aromatic carbocycles. The second kappa shape index (κ2) is 5.71. The molecule has 0 atom stereocenters. The lowest BCUT2D eigenvalue weighted by Crippen LogP contribution is -2.09. The van der Waals surface area contributed by atoms with Crippen molar-refractivity contribution in [3.63, 3.8) is 0 Å². The van der Waals surface area contributed by atoms with Crippen LogP contribution in [-0.4, -0.2) is 30.3 Å². The summed E-state index contributed by atoms with van der Waals surface area (Å²) in [5, 5.41) is 9.66. The molecule has 1 fully saturated rings. The van der Waals surface area contributed by atoms with Crippen LogP contribution in [0.2, 0.25) is 0 Å². The number of phenolic OH excluding ortho intramolecular Hbond substituents is 1. The number of nitrogens with zero attached hydrogens (tertiary/aromatic N) is 1. The summed E-state index contributed by atoms with van der Waals surface area (Å²) >= 11 is 0. The summed E-state index contributed by atoms with van der Waals surface area (Å²) in [6.45, 7) is 0. The molecule has 2 N–H and O–H groups in total. The van der Waals surface area contributed by atoms with E-state index in [0.29, 0.717) is 5.56 Å². The van der Waals surface area contributed by atoms with Gasteiger partial charge in [0.05, 0.1) is 4.90 Å². The number of hydrogen-bond acceptors (Lipinski definition) is 4. The van der Waals surface area contributed by atoms with Gasteiger partial charge in [0.15, 0.2) is 0 Å². The molecule has 0 saturated heterocycles. The second-order valence-corrected chi connectivity index (χ2v) is 6.19. The van der Waals surface area contributed by atoms with Crippen LogP contribution in [0.4, 0.5) is 0 Å². The molecule has 6 heteroatoms. The van der Waals surface area contributed by atoms with E-state index < -0.39 is 10.1 Å². The average Bonchev–Trinajstić information content (AvgIpc) is 2.37. The Kier molecular flexibility index (Phi) is 4.21. The summed E-state index contributed by atoms with van der Waals surface area (Å²) in [7, 11) is -4.26. The predicted molar refractivity (Wildman–Crippen MR) is 72.4 cm³/mol. The lowest BCUT2D eigenvalue weighted by Gasteiger charge is -2.17. The van der Waals surface area contributed by atoms with E-state index in [1.807, 2.05) is 0 Å². The van der Waals surface area contributed by atoms with Crippen LogP contribution in [0.25, 0.3) is 0 Å². The first-order valence-corrected chi connectivity index (χ1v) is 7.74. The van der Waals surface area contributed by atoms with Gasteiger partial charge in [-0.1, -0.05) is 19.3 Å². The molecule has 0 heterocycles. The molecule has 0 aromatic heterocycles. The van der Waals surface area contributed by atoms with Crippen molar-refractivity contribution in [2.75, 3.05) is 0 Å². The van der Waals surface area contributed by atoms with E-state index in [0.717, 1.165) is 31.7 Å². The fraction of sp³-hybridized carbons (Fsp3) is 0.462. The van der Waals surface area contributed by atoms with Gasteiger partial charge in [0.25, 0.3) is 10.1 Å². The first kappa shape index (κ1) is 14.0. The molecule has 19 heavy (non-hydrogen) atoms. The zero-order chi connectivity index (χ0) is 13.9. The number of aromatic hydroxyl groups is 1. The monoisotopic (exact) mass is 283 g/mol. The Morgan fingerprint density at radius 1 is 1.21 bits per heavy atom. The van der Waals surface area contributed by atoms with E-state index in [4.69, 9.17) is 4.55 Å². The van der Waals surface area contributed by atoms with E-state index >= 15 is 0 Å². The van der Waals surface area contributed by atoms with E-state index in [9.17, 15) is 13.5 Å². The Morgan fingerprint density at radius 3 is 2.53 bits per heavy atom. The van der Waals surface area contributed by atoms with Gasteiger partial charge in [-0.05, 0) is 31.0 Å². The van der Waals surface area contributed by atoms with Crippen molar-refractivity contribution in [3.8, 4) is 5.75 Å². The summed E-state index contributed by atoms with van der Waals surface area (Å²) in [5.74, 6) is -0.0491. The molecule has 0 unspecified atom stereocenters. The number of aliphatic imine (C=N–C) groups is 1. The van der Waals surface area contributed by atoms with Gasteiger partial charge in [-0.25, -0.2) is 0 Å². The van der Waals surface area contributed by atoms with Crippen LogP contribution in [0.1, 0.15) is 37.7 Å². The smallest absolute Gasteiger partial charge is 0.294 e. The van der Waals surface area contributed by atoms with Gasteiger partial charge in [-0.3, -0.25) is 9.55 Å². The van der Waals surface area contributed by atoms with Crippen molar-refractivity contribution in [2.24, 2.45) is 4.99 Å². The third-order valence-electron chi connectivity index (χ3n) is 3.30. The molecule has 1 aliphatic carbocycles. The van der Waals surface area contributed by atoms with Gasteiger partial charge in [0.1, 0.15) is 5.75 Å². The van der Waals surface area contributed by atoms with Crippen LogP contribution in [0.15, 0.2) is 28.1 Å². The molecular formula is C13H17NO4S. The standard InChI is InChI=1S/C13H17NO4S/c15-13-7-6-12(19(16,17)18)8-10(13)9-14-11-4-2-1-3-5-11/h6-9,11,15H,1-5H2,(H,16,17,18). The van der Waals surface area contributed by atoms with Gasteiger partial charge < -0.3 is 5.11 Å². The summed E-state index contributed by atoms with van der Waals surface area (Å²) < 4.78 is 31.0. The second-order valence-electron chi connectivity index (χ2n) is 4.77. The summed E-state index contributed by atoms with van der Waals surface area (Å²) in [6, 6.07) is 3.85. The van der Waals surface area contributed by atoms with Gasteiger partial charge in [-0.2, -0.15) is 8.42 Å². The van der Waals surface area contributed by atoms with E-state index in [1.54, 1.807) is 0 Å². The Labute approximate surface area is 112 Å². The lowest BCUT2D eigenvalue weighted by atomic mass is 9.96. The Hall–Kier alpha value is -1.40. The highest BCUT2D eigenvalue weighted by Gasteiger charge is 2.13. The third-order valence-corrected chi connectivity index (χ3v) is 4.15. The van der Waals surface area contributed by atoms with Gasteiger partial charge in [0, 0.05) is 17.8 Å². The molecule has 5 nitrogen and oxygen atoms in total.